The molecular formula is C12H16BrNO2. The molecule has 1 amide bonds. The Morgan fingerprint density at radius 3 is 2.75 bits per heavy atom. The zero-order valence-corrected chi connectivity index (χ0v) is 11.3. The maximum Gasteiger partial charge on any atom is 0.253 e. The quantitative estimate of drug-likeness (QED) is 0.925. The highest BCUT2D eigenvalue weighted by Gasteiger charge is 2.15. The van der Waals surface area contributed by atoms with E-state index >= 15 is 0 Å². The van der Waals surface area contributed by atoms with Crippen LogP contribution < -0.4 is 0 Å². The molecule has 88 valence electrons. The molecule has 0 aliphatic rings. The van der Waals surface area contributed by atoms with E-state index in [0.29, 0.717) is 12.1 Å². The van der Waals surface area contributed by atoms with Gasteiger partial charge in [-0.15, -0.1) is 0 Å². The van der Waals surface area contributed by atoms with Gasteiger partial charge in [0.25, 0.3) is 5.91 Å². The number of aliphatic hydroxyl groups is 1. The first-order valence-corrected chi connectivity index (χ1v) is 5.90. The number of aryl methyl sites for hydroxylation is 1. The van der Waals surface area contributed by atoms with Gasteiger partial charge < -0.3 is 10.0 Å². The molecule has 1 aromatic rings. The van der Waals surface area contributed by atoms with Crippen molar-refractivity contribution in [3.8, 4) is 0 Å². The highest BCUT2D eigenvalue weighted by atomic mass is 79.9. The van der Waals surface area contributed by atoms with Gasteiger partial charge in [-0.2, -0.15) is 0 Å². The second-order valence-corrected chi connectivity index (χ2v) is 4.91. The van der Waals surface area contributed by atoms with E-state index in [1.165, 1.54) is 4.90 Å². The van der Waals surface area contributed by atoms with Crippen molar-refractivity contribution in [2.24, 2.45) is 0 Å². The van der Waals surface area contributed by atoms with Crippen molar-refractivity contribution in [2.45, 2.75) is 20.0 Å². The Morgan fingerprint density at radius 1 is 1.56 bits per heavy atom. The van der Waals surface area contributed by atoms with Crippen LogP contribution in [0.1, 0.15) is 22.8 Å². The van der Waals surface area contributed by atoms with E-state index in [1.54, 1.807) is 20.0 Å². The van der Waals surface area contributed by atoms with Crippen LogP contribution in [0.5, 0.6) is 0 Å². The van der Waals surface area contributed by atoms with Crippen LogP contribution in [0, 0.1) is 6.92 Å². The van der Waals surface area contributed by atoms with Crippen molar-refractivity contribution in [2.75, 3.05) is 13.6 Å². The topological polar surface area (TPSA) is 40.5 Å². The fourth-order valence-electron chi connectivity index (χ4n) is 1.51. The third kappa shape index (κ3) is 3.32. The molecule has 0 aliphatic heterocycles. The van der Waals surface area contributed by atoms with Crippen LogP contribution in [-0.2, 0) is 0 Å². The minimum atomic E-state index is -0.513. The molecule has 1 atom stereocenters. The minimum Gasteiger partial charge on any atom is -0.392 e. The smallest absolute Gasteiger partial charge is 0.253 e. The molecule has 0 saturated heterocycles. The van der Waals surface area contributed by atoms with Crippen LogP contribution in [-0.4, -0.2) is 35.6 Å². The van der Waals surface area contributed by atoms with Gasteiger partial charge in [-0.05, 0) is 31.5 Å². The maximum atomic E-state index is 12.0. The molecule has 4 heteroatoms. The Labute approximate surface area is 104 Å². The van der Waals surface area contributed by atoms with Gasteiger partial charge in [0.1, 0.15) is 0 Å². The molecule has 0 aromatic heterocycles. The number of halogens is 1. The Balaban J connectivity index is 2.91. The van der Waals surface area contributed by atoms with Gasteiger partial charge in [0.2, 0.25) is 0 Å². The van der Waals surface area contributed by atoms with Crippen molar-refractivity contribution >= 4 is 21.8 Å². The molecule has 16 heavy (non-hydrogen) atoms. The summed E-state index contributed by atoms with van der Waals surface area (Å²) in [6.07, 6.45) is -0.513. The lowest BCUT2D eigenvalue weighted by atomic mass is 10.1. The number of carbonyl (C=O) groups excluding carboxylic acids is 1. The molecule has 0 radical (unpaired) electrons. The summed E-state index contributed by atoms with van der Waals surface area (Å²) in [6, 6.07) is 5.60. The van der Waals surface area contributed by atoms with Gasteiger partial charge in [-0.25, -0.2) is 0 Å². The zero-order chi connectivity index (χ0) is 12.3. The zero-order valence-electron chi connectivity index (χ0n) is 9.70. The summed E-state index contributed by atoms with van der Waals surface area (Å²) < 4.78 is 0.881. The Bertz CT molecular complexity index is 391. The monoisotopic (exact) mass is 285 g/mol. The normalized spacial score (nSPS) is 12.3. The molecule has 1 unspecified atom stereocenters. The molecule has 0 aliphatic carbocycles. The van der Waals surface area contributed by atoms with Crippen LogP contribution in [0.25, 0.3) is 0 Å². The van der Waals surface area contributed by atoms with E-state index in [9.17, 15) is 9.90 Å². The average molecular weight is 286 g/mol. The average Bonchev–Trinajstić information content (AvgIpc) is 2.19. The van der Waals surface area contributed by atoms with Gasteiger partial charge in [0, 0.05) is 23.6 Å². The Morgan fingerprint density at radius 2 is 2.19 bits per heavy atom. The Hall–Kier alpha value is -0.870. The summed E-state index contributed by atoms with van der Waals surface area (Å²) in [7, 11) is 1.69. The van der Waals surface area contributed by atoms with Crippen molar-refractivity contribution in [1.82, 2.24) is 4.90 Å². The molecule has 0 saturated carbocycles. The standard InChI is InChI=1S/C12H16BrNO2/c1-8-4-5-10(13)6-11(8)12(16)14(3)7-9(2)15/h4-6,9,15H,7H2,1-3H3. The number of likely N-dealkylation sites (N-methyl/N-ethyl adjacent to an activating group) is 1. The summed E-state index contributed by atoms with van der Waals surface area (Å²) >= 11 is 3.34. The fourth-order valence-corrected chi connectivity index (χ4v) is 1.87. The number of benzene rings is 1. The van der Waals surface area contributed by atoms with E-state index in [0.717, 1.165) is 10.0 Å². The van der Waals surface area contributed by atoms with E-state index in [2.05, 4.69) is 15.9 Å². The Kier molecular flexibility index (Phi) is 4.50. The molecule has 0 spiro atoms. The van der Waals surface area contributed by atoms with E-state index in [1.807, 2.05) is 19.1 Å². The summed E-state index contributed by atoms with van der Waals surface area (Å²) in [5.74, 6) is -0.0697. The van der Waals surface area contributed by atoms with Gasteiger partial charge in [0.05, 0.1) is 6.10 Å². The van der Waals surface area contributed by atoms with E-state index in [-0.39, 0.29) is 5.91 Å². The van der Waals surface area contributed by atoms with Gasteiger partial charge in [-0.1, -0.05) is 22.0 Å². The highest BCUT2D eigenvalue weighted by Crippen LogP contribution is 2.17. The van der Waals surface area contributed by atoms with Crippen molar-refractivity contribution in [3.63, 3.8) is 0 Å². The lowest BCUT2D eigenvalue weighted by Gasteiger charge is -2.19. The lowest BCUT2D eigenvalue weighted by molar-refractivity contribution is 0.0703. The third-order valence-corrected chi connectivity index (χ3v) is 2.81. The first kappa shape index (κ1) is 13.2. The van der Waals surface area contributed by atoms with Gasteiger partial charge >= 0.3 is 0 Å². The maximum absolute atomic E-state index is 12.0. The first-order chi connectivity index (χ1) is 7.41. The van der Waals surface area contributed by atoms with Crippen LogP contribution >= 0.6 is 15.9 Å². The SMILES string of the molecule is Cc1ccc(Br)cc1C(=O)N(C)CC(C)O. The van der Waals surface area contributed by atoms with Crippen LogP contribution in [0.2, 0.25) is 0 Å². The minimum absolute atomic E-state index is 0.0697. The second kappa shape index (κ2) is 5.46. The highest BCUT2D eigenvalue weighted by molar-refractivity contribution is 9.10. The van der Waals surface area contributed by atoms with Crippen molar-refractivity contribution in [3.05, 3.63) is 33.8 Å². The van der Waals surface area contributed by atoms with E-state index < -0.39 is 6.10 Å². The number of nitrogens with zero attached hydrogens (tertiary/aromatic N) is 1. The number of hydrogen-bond donors (Lipinski definition) is 1. The van der Waals surface area contributed by atoms with Crippen molar-refractivity contribution < 1.29 is 9.90 Å². The number of rotatable bonds is 3. The van der Waals surface area contributed by atoms with Crippen LogP contribution in [0.4, 0.5) is 0 Å². The third-order valence-electron chi connectivity index (χ3n) is 2.31. The largest absolute Gasteiger partial charge is 0.392 e. The predicted molar refractivity (Wildman–Crippen MR) is 67.5 cm³/mol. The molecule has 0 fully saturated rings. The number of amides is 1. The lowest BCUT2D eigenvalue weighted by Crippen LogP contribution is -2.33. The molecule has 1 rings (SSSR count). The molecule has 3 nitrogen and oxygen atoms in total. The summed E-state index contributed by atoms with van der Waals surface area (Å²) in [6.45, 7) is 3.90. The number of hydrogen-bond acceptors (Lipinski definition) is 2. The van der Waals surface area contributed by atoms with Crippen LogP contribution in [0.3, 0.4) is 0 Å². The number of aliphatic hydroxyl groups excluding tert-OH is 1. The molecule has 0 heterocycles. The van der Waals surface area contributed by atoms with Gasteiger partial charge in [0.15, 0.2) is 0 Å². The molecule has 1 N–H and O–H groups in total. The molecule has 0 bridgehead atoms. The van der Waals surface area contributed by atoms with Gasteiger partial charge in [-0.3, -0.25) is 4.79 Å². The molecular weight excluding hydrogens is 270 g/mol. The summed E-state index contributed by atoms with van der Waals surface area (Å²) in [5, 5.41) is 9.24. The predicted octanol–water partition coefficient (Wildman–Crippen LogP) is 2.21. The van der Waals surface area contributed by atoms with Crippen LogP contribution in [0.15, 0.2) is 22.7 Å². The fraction of sp³-hybridized carbons (Fsp3) is 0.417. The second-order valence-electron chi connectivity index (χ2n) is 3.99. The summed E-state index contributed by atoms with van der Waals surface area (Å²) in [5.41, 5.74) is 1.60. The van der Waals surface area contributed by atoms with E-state index in [4.69, 9.17) is 0 Å². The molecule has 1 aromatic carbocycles. The number of carbonyl (C=O) groups is 1. The van der Waals surface area contributed by atoms with Crippen molar-refractivity contribution in [1.29, 1.82) is 0 Å². The summed E-state index contributed by atoms with van der Waals surface area (Å²) in [4.78, 5) is 13.6. The first-order valence-electron chi connectivity index (χ1n) is 5.11.